The molecule has 1 aliphatic heterocycles. The highest BCUT2D eigenvalue weighted by Crippen LogP contribution is 2.37. The Morgan fingerprint density at radius 1 is 1.24 bits per heavy atom. The Labute approximate surface area is 176 Å². The van der Waals surface area contributed by atoms with Crippen LogP contribution in [0.15, 0.2) is 18.2 Å². The van der Waals surface area contributed by atoms with Gasteiger partial charge in [-0.1, -0.05) is 12.1 Å². The number of rotatable bonds is 4. The van der Waals surface area contributed by atoms with Crippen molar-refractivity contribution >= 4 is 27.9 Å². The molecule has 1 saturated heterocycles. The van der Waals surface area contributed by atoms with E-state index in [0.717, 1.165) is 50.4 Å². The van der Waals surface area contributed by atoms with Crippen LogP contribution in [0, 0.1) is 25.2 Å². The molecular weight excluding hydrogens is 380 g/mol. The molecule has 1 aromatic carbocycles. The van der Waals surface area contributed by atoms with Gasteiger partial charge in [0.25, 0.3) is 5.91 Å². The Bertz CT molecular complexity index is 951. The van der Waals surface area contributed by atoms with Crippen LogP contribution in [0.4, 0.5) is 10.7 Å². The number of fused-ring (bicyclic) bond motifs is 1. The first kappa shape index (κ1) is 19.9. The van der Waals surface area contributed by atoms with Gasteiger partial charge in [0.05, 0.1) is 31.7 Å². The second-order valence-corrected chi connectivity index (χ2v) is 9.31. The molecule has 0 spiro atoms. The fourth-order valence-corrected chi connectivity index (χ4v) is 5.74. The van der Waals surface area contributed by atoms with E-state index in [1.54, 1.807) is 11.3 Å². The maximum atomic E-state index is 12.7. The van der Waals surface area contributed by atoms with Gasteiger partial charge in [-0.2, -0.15) is 5.26 Å². The Morgan fingerprint density at radius 3 is 2.76 bits per heavy atom. The monoisotopic (exact) mass is 409 g/mol. The van der Waals surface area contributed by atoms with E-state index in [1.165, 1.54) is 38.6 Å². The van der Waals surface area contributed by atoms with Gasteiger partial charge in [0, 0.05) is 10.6 Å². The molecule has 0 unspecified atom stereocenters. The lowest BCUT2D eigenvalue weighted by molar-refractivity contribution is -0.892. The molecule has 2 heterocycles. The largest absolute Gasteiger partial charge is 0.360 e. The molecule has 2 N–H and O–H groups in total. The zero-order valence-corrected chi connectivity index (χ0v) is 18.1. The van der Waals surface area contributed by atoms with Gasteiger partial charge in [-0.15, -0.1) is 11.3 Å². The molecule has 29 heavy (non-hydrogen) atoms. The number of carbonyl (C=O) groups excluding carboxylic acids is 1. The number of anilines is 2. The molecule has 2 aromatic rings. The molecule has 2 aliphatic rings. The third-order valence-corrected chi connectivity index (χ3v) is 7.54. The number of nitrogens with one attached hydrogen (secondary N) is 2. The summed E-state index contributed by atoms with van der Waals surface area (Å²) in [5.74, 6) is 0.0234. The highest BCUT2D eigenvalue weighted by Gasteiger charge is 2.26. The molecule has 1 aromatic heterocycles. The summed E-state index contributed by atoms with van der Waals surface area (Å²) in [6, 6.07) is 8.80. The number of carbonyl (C=O) groups is 1. The second kappa shape index (κ2) is 8.56. The van der Waals surface area contributed by atoms with Crippen molar-refractivity contribution in [1.29, 1.82) is 5.26 Å². The van der Waals surface area contributed by atoms with Crippen molar-refractivity contribution in [3.63, 3.8) is 0 Å². The van der Waals surface area contributed by atoms with Crippen molar-refractivity contribution in [2.45, 2.75) is 39.5 Å². The second-order valence-electron chi connectivity index (χ2n) is 8.21. The Hall–Kier alpha value is -2.36. The molecular formula is C23H29N4OS+. The zero-order valence-electron chi connectivity index (χ0n) is 17.3. The summed E-state index contributed by atoms with van der Waals surface area (Å²) in [5.41, 5.74) is 5.86. The lowest BCUT2D eigenvalue weighted by Gasteiger charge is -2.34. The minimum absolute atomic E-state index is 0.0234. The normalized spacial score (nSPS) is 16.9. The van der Waals surface area contributed by atoms with Crippen molar-refractivity contribution < 1.29 is 9.69 Å². The van der Waals surface area contributed by atoms with Crippen LogP contribution < -0.4 is 15.1 Å². The maximum Gasteiger partial charge on any atom is 0.280 e. The molecule has 0 atom stereocenters. The lowest BCUT2D eigenvalue weighted by atomic mass is 9.96. The molecule has 5 nitrogen and oxygen atoms in total. The van der Waals surface area contributed by atoms with E-state index < -0.39 is 0 Å². The van der Waals surface area contributed by atoms with Gasteiger partial charge in [-0.05, 0) is 62.3 Å². The summed E-state index contributed by atoms with van der Waals surface area (Å²) < 4.78 is 0. The van der Waals surface area contributed by atoms with Crippen molar-refractivity contribution in [2.75, 3.05) is 42.9 Å². The van der Waals surface area contributed by atoms with Crippen molar-refractivity contribution in [2.24, 2.45) is 0 Å². The standard InChI is InChI=1S/C23H28N4OS/c1-16-6-5-8-20(17(16)2)27-12-10-26(11-13-27)15-22(28)25-23-19(14-24)18-7-3-4-9-21(18)29-23/h5-6,8H,3-4,7,9-13,15H2,1-2H3,(H,25,28)/p+1. The number of nitriles is 1. The van der Waals surface area contributed by atoms with Gasteiger partial charge in [0.1, 0.15) is 11.1 Å². The number of nitrogens with zero attached hydrogens (tertiary/aromatic N) is 2. The van der Waals surface area contributed by atoms with Crippen LogP contribution in [0.25, 0.3) is 0 Å². The van der Waals surface area contributed by atoms with Crippen molar-refractivity contribution in [3.8, 4) is 6.07 Å². The first-order valence-electron chi connectivity index (χ1n) is 10.6. The first-order chi connectivity index (χ1) is 14.1. The average molecular weight is 410 g/mol. The minimum atomic E-state index is 0.0234. The summed E-state index contributed by atoms with van der Waals surface area (Å²) in [7, 11) is 0. The number of piperazine rings is 1. The van der Waals surface area contributed by atoms with Crippen molar-refractivity contribution in [1.82, 2.24) is 0 Å². The van der Waals surface area contributed by atoms with Crippen molar-refractivity contribution in [3.05, 3.63) is 45.3 Å². The fourth-order valence-electron chi connectivity index (χ4n) is 4.49. The van der Waals surface area contributed by atoms with E-state index in [-0.39, 0.29) is 5.91 Å². The molecule has 0 saturated carbocycles. The average Bonchev–Trinajstić information content (AvgIpc) is 3.07. The van der Waals surface area contributed by atoms with Gasteiger partial charge < -0.3 is 15.1 Å². The predicted octanol–water partition coefficient (Wildman–Crippen LogP) is 2.46. The number of aryl methyl sites for hydroxylation is 2. The van der Waals surface area contributed by atoms with E-state index in [0.29, 0.717) is 12.1 Å². The van der Waals surface area contributed by atoms with E-state index in [1.807, 2.05) is 0 Å². The predicted molar refractivity (Wildman–Crippen MR) is 118 cm³/mol. The van der Waals surface area contributed by atoms with E-state index in [4.69, 9.17) is 0 Å². The smallest absolute Gasteiger partial charge is 0.280 e. The number of benzene rings is 1. The third-order valence-electron chi connectivity index (χ3n) is 6.33. The summed E-state index contributed by atoms with van der Waals surface area (Å²) >= 11 is 1.61. The molecule has 6 heteroatoms. The maximum absolute atomic E-state index is 12.7. The number of hydrogen-bond donors (Lipinski definition) is 2. The SMILES string of the molecule is Cc1cccc(N2CC[NH+](CC(=O)Nc3sc4c(c3C#N)CCCC4)CC2)c1C. The molecule has 1 amide bonds. The first-order valence-corrected chi connectivity index (χ1v) is 11.4. The van der Waals surface area contributed by atoms with Crippen LogP contribution >= 0.6 is 11.3 Å². The summed E-state index contributed by atoms with van der Waals surface area (Å²) in [5, 5.41) is 13.4. The van der Waals surface area contributed by atoms with Gasteiger partial charge in [-0.25, -0.2) is 0 Å². The van der Waals surface area contributed by atoms with Gasteiger partial charge in [0.2, 0.25) is 0 Å². The Kier molecular flexibility index (Phi) is 5.89. The van der Waals surface area contributed by atoms with E-state index in [2.05, 4.69) is 48.3 Å². The Morgan fingerprint density at radius 2 is 2.00 bits per heavy atom. The van der Waals surface area contributed by atoms with Crippen LogP contribution in [0.2, 0.25) is 0 Å². The lowest BCUT2D eigenvalue weighted by Crippen LogP contribution is -3.15. The van der Waals surface area contributed by atoms with Gasteiger partial charge >= 0.3 is 0 Å². The quantitative estimate of drug-likeness (QED) is 0.816. The zero-order chi connectivity index (χ0) is 20.4. The van der Waals surface area contributed by atoms with Crippen LogP contribution in [-0.4, -0.2) is 38.6 Å². The van der Waals surface area contributed by atoms with Crippen LogP contribution in [0.5, 0.6) is 0 Å². The molecule has 152 valence electrons. The highest BCUT2D eigenvalue weighted by molar-refractivity contribution is 7.16. The summed E-state index contributed by atoms with van der Waals surface area (Å²) in [6.07, 6.45) is 4.33. The molecule has 1 aliphatic carbocycles. The number of hydrogen-bond acceptors (Lipinski definition) is 4. The fraction of sp³-hybridized carbons (Fsp3) is 0.478. The molecule has 0 radical (unpaired) electrons. The molecule has 4 rings (SSSR count). The summed E-state index contributed by atoms with van der Waals surface area (Å²) in [4.78, 5) is 17.7. The topological polar surface area (TPSA) is 60.6 Å². The van der Waals surface area contributed by atoms with Crippen LogP contribution in [0.3, 0.4) is 0 Å². The van der Waals surface area contributed by atoms with Crippen LogP contribution in [0.1, 0.15) is 40.0 Å². The van der Waals surface area contributed by atoms with Gasteiger partial charge in [-0.3, -0.25) is 4.79 Å². The Balaban J connectivity index is 1.34. The molecule has 0 bridgehead atoms. The highest BCUT2D eigenvalue weighted by atomic mass is 32.1. The van der Waals surface area contributed by atoms with E-state index in [9.17, 15) is 10.1 Å². The van der Waals surface area contributed by atoms with Gasteiger partial charge in [0.15, 0.2) is 6.54 Å². The third kappa shape index (κ3) is 4.17. The number of amides is 1. The minimum Gasteiger partial charge on any atom is -0.360 e. The molecule has 1 fully saturated rings. The van der Waals surface area contributed by atoms with Crippen LogP contribution in [-0.2, 0) is 17.6 Å². The number of quaternary nitrogens is 1. The number of thiophene rings is 1. The van der Waals surface area contributed by atoms with E-state index >= 15 is 0 Å². The summed E-state index contributed by atoms with van der Waals surface area (Å²) in [6.45, 7) is 8.63.